The van der Waals surface area contributed by atoms with E-state index in [-0.39, 0.29) is 11.9 Å². The fraction of sp³-hybridized carbons (Fsp3) is 0.538. The van der Waals surface area contributed by atoms with E-state index in [1.54, 1.807) is 22.5 Å². The van der Waals surface area contributed by atoms with Gasteiger partial charge in [-0.2, -0.15) is 4.31 Å². The molecular weight excluding hydrogens is 305 g/mol. The van der Waals surface area contributed by atoms with Gasteiger partial charge < -0.3 is 0 Å². The molecule has 2 bridgehead atoms. The zero-order chi connectivity index (χ0) is 13.6. The molecule has 19 heavy (non-hydrogen) atoms. The summed E-state index contributed by atoms with van der Waals surface area (Å²) in [5, 5.41) is 0.511. The molecule has 1 aliphatic heterocycles. The van der Waals surface area contributed by atoms with Gasteiger partial charge in [-0.15, -0.1) is 11.6 Å². The Balaban J connectivity index is 1.96. The van der Waals surface area contributed by atoms with Gasteiger partial charge in [-0.25, -0.2) is 8.42 Å². The number of halogens is 2. The number of hydrogen-bond acceptors (Lipinski definition) is 2. The molecule has 2 fully saturated rings. The predicted molar refractivity (Wildman–Crippen MR) is 76.0 cm³/mol. The third-order valence-electron chi connectivity index (χ3n) is 4.13. The Morgan fingerprint density at radius 1 is 1.32 bits per heavy atom. The Morgan fingerprint density at radius 2 is 2.11 bits per heavy atom. The van der Waals surface area contributed by atoms with Gasteiger partial charge in [0, 0.05) is 23.5 Å². The first kappa shape index (κ1) is 13.7. The summed E-state index contributed by atoms with van der Waals surface area (Å²) in [6, 6.07) is 4.96. The fourth-order valence-corrected chi connectivity index (χ4v) is 5.39. The molecule has 6 heteroatoms. The van der Waals surface area contributed by atoms with Gasteiger partial charge in [0.1, 0.15) is 0 Å². The molecule has 1 saturated carbocycles. The largest absolute Gasteiger partial charge is 0.243 e. The van der Waals surface area contributed by atoms with E-state index in [1.807, 2.05) is 0 Å². The molecule has 2 unspecified atom stereocenters. The van der Waals surface area contributed by atoms with Crippen molar-refractivity contribution >= 4 is 33.2 Å². The molecule has 0 amide bonds. The van der Waals surface area contributed by atoms with Gasteiger partial charge in [0.2, 0.25) is 10.0 Å². The minimum Gasteiger partial charge on any atom is -0.207 e. The van der Waals surface area contributed by atoms with Crippen molar-refractivity contribution < 1.29 is 8.42 Å². The summed E-state index contributed by atoms with van der Waals surface area (Å²) in [7, 11) is -3.40. The van der Waals surface area contributed by atoms with Crippen LogP contribution in [0.3, 0.4) is 0 Å². The van der Waals surface area contributed by atoms with Crippen LogP contribution in [0.5, 0.6) is 0 Å². The van der Waals surface area contributed by atoms with Crippen LogP contribution in [-0.4, -0.2) is 25.3 Å². The van der Waals surface area contributed by atoms with Gasteiger partial charge in [0.25, 0.3) is 0 Å². The summed E-state index contributed by atoms with van der Waals surface area (Å²) in [5.74, 6) is 0.758. The lowest BCUT2D eigenvalue weighted by Gasteiger charge is -2.26. The summed E-state index contributed by atoms with van der Waals surface area (Å²) in [4.78, 5) is 0.306. The second-order valence-electron chi connectivity index (χ2n) is 5.29. The molecule has 0 spiro atoms. The monoisotopic (exact) mass is 319 g/mol. The zero-order valence-corrected chi connectivity index (χ0v) is 12.7. The van der Waals surface area contributed by atoms with Gasteiger partial charge in [0.15, 0.2) is 0 Å². The zero-order valence-electron chi connectivity index (χ0n) is 10.4. The van der Waals surface area contributed by atoms with Crippen molar-refractivity contribution in [2.75, 3.05) is 6.54 Å². The number of rotatable bonds is 3. The van der Waals surface area contributed by atoms with Crippen LogP contribution >= 0.6 is 23.2 Å². The highest BCUT2D eigenvalue weighted by molar-refractivity contribution is 7.89. The molecule has 2 atom stereocenters. The quantitative estimate of drug-likeness (QED) is 0.802. The summed E-state index contributed by atoms with van der Waals surface area (Å²) < 4.78 is 26.9. The fourth-order valence-electron chi connectivity index (χ4n) is 3.12. The van der Waals surface area contributed by atoms with Crippen LogP contribution in [0.1, 0.15) is 24.8 Å². The lowest BCUT2D eigenvalue weighted by Crippen LogP contribution is -2.37. The van der Waals surface area contributed by atoms with E-state index in [4.69, 9.17) is 23.2 Å². The molecule has 0 radical (unpaired) electrons. The maximum absolute atomic E-state index is 12.6. The van der Waals surface area contributed by atoms with Crippen LogP contribution < -0.4 is 0 Å². The van der Waals surface area contributed by atoms with Crippen LogP contribution in [0.4, 0.5) is 0 Å². The summed E-state index contributed by atoms with van der Waals surface area (Å²) in [5.41, 5.74) is 0.661. The first-order valence-electron chi connectivity index (χ1n) is 6.38. The van der Waals surface area contributed by atoms with Gasteiger partial charge >= 0.3 is 0 Å². The summed E-state index contributed by atoms with van der Waals surface area (Å²) >= 11 is 11.8. The van der Waals surface area contributed by atoms with Crippen LogP contribution in [0.2, 0.25) is 5.02 Å². The topological polar surface area (TPSA) is 37.4 Å². The number of benzene rings is 1. The van der Waals surface area contributed by atoms with Crippen LogP contribution in [0.15, 0.2) is 23.1 Å². The average Bonchev–Trinajstić information content (AvgIpc) is 3.01. The molecule has 1 saturated heterocycles. The molecule has 104 valence electrons. The highest BCUT2D eigenvalue weighted by Crippen LogP contribution is 2.40. The second-order valence-corrected chi connectivity index (χ2v) is 7.86. The highest BCUT2D eigenvalue weighted by Gasteiger charge is 2.44. The number of piperidine rings is 1. The smallest absolute Gasteiger partial charge is 0.207 e. The molecule has 0 aromatic heterocycles. The maximum atomic E-state index is 12.6. The van der Waals surface area contributed by atoms with Crippen LogP contribution in [0, 0.1) is 5.92 Å². The molecule has 1 aromatic carbocycles. The number of alkyl halides is 1. The first-order valence-corrected chi connectivity index (χ1v) is 8.74. The molecule has 0 N–H and O–H groups in total. The SMILES string of the molecule is O=S(=O)(c1ccc(Cl)c(CCl)c1)N1CC2CCC1C2. The van der Waals surface area contributed by atoms with Gasteiger partial charge in [-0.05, 0) is 48.9 Å². The van der Waals surface area contributed by atoms with E-state index < -0.39 is 10.0 Å². The minimum absolute atomic E-state index is 0.185. The van der Waals surface area contributed by atoms with Crippen molar-refractivity contribution in [1.82, 2.24) is 4.31 Å². The Morgan fingerprint density at radius 3 is 2.68 bits per heavy atom. The standard InChI is InChI=1S/C13H15Cl2NO2S/c14-7-10-6-12(3-4-13(10)15)19(17,18)16-8-9-1-2-11(16)5-9/h3-4,6,9,11H,1-2,5,7-8H2. The van der Waals surface area contributed by atoms with Crippen LogP contribution in [0.25, 0.3) is 0 Å². The number of fused-ring (bicyclic) bond motifs is 2. The van der Waals surface area contributed by atoms with Crippen molar-refractivity contribution in [3.05, 3.63) is 28.8 Å². The van der Waals surface area contributed by atoms with E-state index in [0.29, 0.717) is 27.9 Å². The lowest BCUT2D eigenvalue weighted by molar-refractivity contribution is 0.333. The number of hydrogen-bond donors (Lipinski definition) is 0. The van der Waals surface area contributed by atoms with Gasteiger partial charge in [0.05, 0.1) is 4.90 Å². The molecule has 3 rings (SSSR count). The predicted octanol–water partition coefficient (Wildman–Crippen LogP) is 3.25. The first-order chi connectivity index (χ1) is 9.02. The highest BCUT2D eigenvalue weighted by atomic mass is 35.5. The Labute approximate surface area is 123 Å². The van der Waals surface area contributed by atoms with E-state index in [0.717, 1.165) is 19.3 Å². The summed E-state index contributed by atoms with van der Waals surface area (Å²) in [6.45, 7) is 0.659. The van der Waals surface area contributed by atoms with Crippen molar-refractivity contribution in [2.45, 2.75) is 36.1 Å². The molecule has 3 nitrogen and oxygen atoms in total. The molecule has 2 aliphatic rings. The summed E-state index contributed by atoms with van der Waals surface area (Å²) in [6.07, 6.45) is 3.15. The van der Waals surface area contributed by atoms with Crippen molar-refractivity contribution in [3.8, 4) is 0 Å². The molecular formula is C13H15Cl2NO2S. The second kappa shape index (κ2) is 4.92. The Hall–Kier alpha value is -0.290. The normalized spacial score (nSPS) is 27.1. The molecule has 1 aliphatic carbocycles. The third kappa shape index (κ3) is 2.29. The van der Waals surface area contributed by atoms with Gasteiger partial charge in [-0.3, -0.25) is 0 Å². The molecule has 1 heterocycles. The van der Waals surface area contributed by atoms with Crippen molar-refractivity contribution in [3.63, 3.8) is 0 Å². The van der Waals surface area contributed by atoms with E-state index in [2.05, 4.69) is 0 Å². The van der Waals surface area contributed by atoms with E-state index >= 15 is 0 Å². The van der Waals surface area contributed by atoms with E-state index in [9.17, 15) is 8.42 Å². The van der Waals surface area contributed by atoms with Gasteiger partial charge in [-0.1, -0.05) is 11.6 Å². The van der Waals surface area contributed by atoms with Crippen molar-refractivity contribution in [1.29, 1.82) is 0 Å². The average molecular weight is 320 g/mol. The minimum atomic E-state index is -3.40. The maximum Gasteiger partial charge on any atom is 0.243 e. The van der Waals surface area contributed by atoms with Crippen LogP contribution in [-0.2, 0) is 15.9 Å². The third-order valence-corrected chi connectivity index (χ3v) is 6.70. The Bertz CT molecular complexity index is 603. The number of sulfonamides is 1. The molecule has 1 aromatic rings. The van der Waals surface area contributed by atoms with E-state index in [1.165, 1.54) is 0 Å². The van der Waals surface area contributed by atoms with Crippen molar-refractivity contribution in [2.24, 2.45) is 5.92 Å². The Kier molecular flexibility index (Phi) is 3.54. The lowest BCUT2D eigenvalue weighted by atomic mass is 10.1. The number of nitrogens with zero attached hydrogens (tertiary/aromatic N) is 1.